The monoisotopic (exact) mass is 324 g/mol. The Morgan fingerprint density at radius 1 is 1.18 bits per heavy atom. The van der Waals surface area contributed by atoms with Gasteiger partial charge in [-0.1, -0.05) is 0 Å². The molecule has 0 radical (unpaired) electrons. The molecule has 0 aromatic rings. The van der Waals surface area contributed by atoms with Gasteiger partial charge in [0, 0.05) is 6.54 Å². The van der Waals surface area contributed by atoms with Gasteiger partial charge in [0.1, 0.15) is 36.7 Å². The highest BCUT2D eigenvalue weighted by Crippen LogP contribution is 2.20. The summed E-state index contributed by atoms with van der Waals surface area (Å²) in [5.41, 5.74) is 5.24. The normalized spacial score (nSPS) is 35.1. The van der Waals surface area contributed by atoms with Crippen molar-refractivity contribution in [2.24, 2.45) is 5.73 Å². The Bertz CT molecular complexity index is 356. The quantitative estimate of drug-likeness (QED) is 0.218. The van der Waals surface area contributed by atoms with Crippen LogP contribution < -0.4 is 11.1 Å². The Balaban J connectivity index is 2.68. The molecular weight excluding hydrogens is 300 g/mol. The third-order valence-electron chi connectivity index (χ3n) is 3.62. The Labute approximate surface area is 127 Å². The molecular formula is C12H24N2O8. The Kier molecular flexibility index (Phi) is 7.59. The lowest BCUT2D eigenvalue weighted by Gasteiger charge is -2.41. The summed E-state index contributed by atoms with van der Waals surface area (Å²) in [6.07, 6.45) is -7.79. The van der Waals surface area contributed by atoms with Crippen LogP contribution in [0.25, 0.3) is 0 Å². The second kappa shape index (κ2) is 8.70. The van der Waals surface area contributed by atoms with Gasteiger partial charge in [-0.05, 0) is 12.8 Å². The Morgan fingerprint density at radius 2 is 1.82 bits per heavy atom. The smallest absolute Gasteiger partial charge is 0.320 e. The molecule has 0 aliphatic carbocycles. The van der Waals surface area contributed by atoms with Crippen molar-refractivity contribution in [1.29, 1.82) is 0 Å². The van der Waals surface area contributed by atoms with Crippen LogP contribution in [0, 0.1) is 0 Å². The second-order valence-corrected chi connectivity index (χ2v) is 5.27. The molecule has 0 spiro atoms. The molecule has 10 heteroatoms. The number of aliphatic hydroxyl groups excluding tert-OH is 5. The number of carboxylic acid groups (broad SMARTS) is 1. The minimum absolute atomic E-state index is 0.00755. The van der Waals surface area contributed by atoms with Crippen molar-refractivity contribution >= 4 is 5.97 Å². The number of hydrogen-bond donors (Lipinski definition) is 8. The number of nitrogens with two attached hydrogens (primary N) is 1. The number of aliphatic carboxylic acids is 1. The molecule has 0 aromatic carbocycles. The fourth-order valence-corrected chi connectivity index (χ4v) is 2.19. The first-order valence-corrected chi connectivity index (χ1v) is 6.99. The lowest BCUT2D eigenvalue weighted by Crippen LogP contribution is -2.64. The molecule has 0 saturated carbocycles. The van der Waals surface area contributed by atoms with Crippen molar-refractivity contribution in [3.63, 3.8) is 0 Å². The van der Waals surface area contributed by atoms with E-state index in [1.807, 2.05) is 0 Å². The van der Waals surface area contributed by atoms with E-state index >= 15 is 0 Å². The number of nitrogens with one attached hydrogen (secondary N) is 1. The van der Waals surface area contributed by atoms with Crippen molar-refractivity contribution in [3.8, 4) is 0 Å². The summed E-state index contributed by atoms with van der Waals surface area (Å²) in [5.74, 6) is -1.24. The predicted molar refractivity (Wildman–Crippen MR) is 72.6 cm³/mol. The zero-order valence-electron chi connectivity index (χ0n) is 11.9. The van der Waals surface area contributed by atoms with Crippen LogP contribution in [-0.4, -0.2) is 92.5 Å². The highest BCUT2D eigenvalue weighted by Gasteiger charge is 2.44. The van der Waals surface area contributed by atoms with Crippen LogP contribution in [0.2, 0.25) is 0 Å². The number of rotatable bonds is 8. The van der Waals surface area contributed by atoms with Crippen molar-refractivity contribution in [1.82, 2.24) is 5.32 Å². The number of hydrogen-bond acceptors (Lipinski definition) is 9. The Hall–Kier alpha value is -0.850. The fourth-order valence-electron chi connectivity index (χ4n) is 2.19. The average molecular weight is 324 g/mol. The van der Waals surface area contributed by atoms with Gasteiger partial charge in [0.05, 0.1) is 12.7 Å². The summed E-state index contributed by atoms with van der Waals surface area (Å²) in [4.78, 5) is 11.2. The predicted octanol–water partition coefficient (Wildman–Crippen LogP) is -4.07. The lowest BCUT2D eigenvalue weighted by molar-refractivity contribution is -0.238. The van der Waals surface area contributed by atoms with E-state index in [0.717, 1.165) is 0 Å². The summed E-state index contributed by atoms with van der Waals surface area (Å²) in [5, 5.41) is 59.2. The van der Waals surface area contributed by atoms with Gasteiger partial charge in [0.25, 0.3) is 0 Å². The van der Waals surface area contributed by atoms with E-state index in [4.69, 9.17) is 20.7 Å². The molecule has 9 N–H and O–H groups in total. The molecule has 1 aliphatic rings. The van der Waals surface area contributed by atoms with Crippen LogP contribution in [0.3, 0.4) is 0 Å². The van der Waals surface area contributed by atoms with Crippen molar-refractivity contribution in [2.45, 2.75) is 55.6 Å². The molecule has 1 saturated heterocycles. The van der Waals surface area contributed by atoms with Crippen molar-refractivity contribution < 1.29 is 40.2 Å². The average Bonchev–Trinajstić information content (AvgIpc) is 2.50. The number of aliphatic hydroxyl groups is 5. The standard InChI is InChI=1S/C12H24N2O8/c13-3-5(16)1-2-6(12(20)21)14-11-10(19)9(18)8(17)7(4-15)22-11/h5-11,14-19H,1-4,13H2,(H,20,21)/t5-,6+,7-,8+,9+,10-,11-/m1/s1. The van der Waals surface area contributed by atoms with E-state index in [-0.39, 0.29) is 19.4 Å². The Morgan fingerprint density at radius 3 is 2.32 bits per heavy atom. The van der Waals surface area contributed by atoms with Crippen LogP contribution in [0.1, 0.15) is 12.8 Å². The maximum atomic E-state index is 11.2. The van der Waals surface area contributed by atoms with Crippen LogP contribution >= 0.6 is 0 Å². The lowest BCUT2D eigenvalue weighted by atomic mass is 9.97. The van der Waals surface area contributed by atoms with Gasteiger partial charge in [0.2, 0.25) is 0 Å². The van der Waals surface area contributed by atoms with E-state index in [2.05, 4.69) is 5.32 Å². The summed E-state index contributed by atoms with van der Waals surface area (Å²) < 4.78 is 5.17. The molecule has 0 aromatic heterocycles. The third kappa shape index (κ3) is 4.83. The van der Waals surface area contributed by atoms with Crippen LogP contribution in [0.4, 0.5) is 0 Å². The third-order valence-corrected chi connectivity index (χ3v) is 3.62. The topological polar surface area (TPSA) is 186 Å². The fraction of sp³-hybridized carbons (Fsp3) is 0.917. The van der Waals surface area contributed by atoms with E-state index in [0.29, 0.717) is 0 Å². The maximum absolute atomic E-state index is 11.2. The SMILES string of the molecule is NC[C@H](O)CC[C@H](N[C@@H]1O[C@H](CO)[C@H](O)[C@H](O)[C@H]1O)C(=O)O. The molecule has 130 valence electrons. The molecule has 1 heterocycles. The maximum Gasteiger partial charge on any atom is 0.320 e. The first-order chi connectivity index (χ1) is 10.3. The summed E-state index contributed by atoms with van der Waals surface area (Å²) in [6.45, 7) is -0.612. The molecule has 0 amide bonds. The summed E-state index contributed by atoms with van der Waals surface area (Å²) >= 11 is 0. The summed E-state index contributed by atoms with van der Waals surface area (Å²) in [6, 6.07) is -1.16. The molecule has 1 fully saturated rings. The van der Waals surface area contributed by atoms with Crippen LogP contribution in [-0.2, 0) is 9.53 Å². The van der Waals surface area contributed by atoms with Gasteiger partial charge in [-0.3, -0.25) is 10.1 Å². The first kappa shape index (κ1) is 19.2. The van der Waals surface area contributed by atoms with Gasteiger partial charge in [-0.2, -0.15) is 0 Å². The van der Waals surface area contributed by atoms with Gasteiger partial charge in [-0.15, -0.1) is 0 Å². The number of carbonyl (C=O) groups is 1. The zero-order chi connectivity index (χ0) is 16.9. The molecule has 10 nitrogen and oxygen atoms in total. The highest BCUT2D eigenvalue weighted by molar-refractivity contribution is 5.73. The molecule has 0 bridgehead atoms. The van der Waals surface area contributed by atoms with E-state index in [1.165, 1.54) is 0 Å². The number of carboxylic acids is 1. The van der Waals surface area contributed by atoms with Gasteiger partial charge in [-0.25, -0.2) is 0 Å². The second-order valence-electron chi connectivity index (χ2n) is 5.27. The summed E-state index contributed by atoms with van der Waals surface area (Å²) in [7, 11) is 0. The van der Waals surface area contributed by atoms with Crippen LogP contribution in [0.5, 0.6) is 0 Å². The minimum Gasteiger partial charge on any atom is -0.480 e. The highest BCUT2D eigenvalue weighted by atomic mass is 16.6. The van der Waals surface area contributed by atoms with Crippen molar-refractivity contribution in [3.05, 3.63) is 0 Å². The molecule has 7 atom stereocenters. The molecule has 1 rings (SSSR count). The van der Waals surface area contributed by atoms with Gasteiger partial charge >= 0.3 is 5.97 Å². The van der Waals surface area contributed by atoms with Crippen molar-refractivity contribution in [2.75, 3.05) is 13.2 Å². The number of ether oxygens (including phenoxy) is 1. The van der Waals surface area contributed by atoms with Crippen LogP contribution in [0.15, 0.2) is 0 Å². The van der Waals surface area contributed by atoms with Gasteiger partial charge in [0.15, 0.2) is 0 Å². The van der Waals surface area contributed by atoms with E-state index in [9.17, 15) is 25.2 Å². The minimum atomic E-state index is -1.59. The molecule has 22 heavy (non-hydrogen) atoms. The zero-order valence-corrected chi connectivity index (χ0v) is 11.9. The largest absolute Gasteiger partial charge is 0.480 e. The van der Waals surface area contributed by atoms with E-state index in [1.54, 1.807) is 0 Å². The first-order valence-electron chi connectivity index (χ1n) is 6.99. The van der Waals surface area contributed by atoms with Gasteiger partial charge < -0.3 is 41.1 Å². The molecule has 0 unspecified atom stereocenters. The van der Waals surface area contributed by atoms with E-state index < -0.39 is 55.4 Å². The molecule has 1 aliphatic heterocycles.